The minimum absolute atomic E-state index is 0.0687. The summed E-state index contributed by atoms with van der Waals surface area (Å²) in [6.07, 6.45) is -4.72. The molecule has 0 spiro atoms. The van der Waals surface area contributed by atoms with Crippen molar-refractivity contribution >= 4 is 51.3 Å². The van der Waals surface area contributed by atoms with Gasteiger partial charge in [-0.1, -0.05) is 20.8 Å². The molecule has 0 amide bonds. The van der Waals surface area contributed by atoms with Crippen molar-refractivity contribution in [1.82, 2.24) is 0 Å². The van der Waals surface area contributed by atoms with Gasteiger partial charge in [0.25, 0.3) is 0 Å². The number of fused-ring (bicyclic) bond motifs is 3. The van der Waals surface area contributed by atoms with Crippen molar-refractivity contribution in [3.05, 3.63) is 11.1 Å². The molecule has 0 aromatic carbocycles. The van der Waals surface area contributed by atoms with Crippen LogP contribution in [-0.2, 0) is 28.6 Å². The van der Waals surface area contributed by atoms with Crippen LogP contribution in [-0.4, -0.2) is 103 Å². The fraction of sp³-hybridized carbons (Fsp3) is 0.800. The predicted octanol–water partition coefficient (Wildman–Crippen LogP) is 0.821. The summed E-state index contributed by atoms with van der Waals surface area (Å²) in [6, 6.07) is 0. The average Bonchev–Trinajstić information content (AvgIpc) is 2.92. The first-order valence-corrected chi connectivity index (χ1v) is 17.6. The van der Waals surface area contributed by atoms with Crippen LogP contribution in [0, 0.1) is 22.7 Å². The molecule has 2 saturated carbocycles. The van der Waals surface area contributed by atoms with E-state index >= 15 is 0 Å². The third-order valence-electron chi connectivity index (χ3n) is 10.7. The number of rotatable bonds is 10. The lowest BCUT2D eigenvalue weighted by atomic mass is 9.47. The zero-order chi connectivity index (χ0) is 34.2. The van der Waals surface area contributed by atoms with E-state index in [9.17, 15) is 39.6 Å². The van der Waals surface area contributed by atoms with E-state index in [2.05, 4.69) is 9.24 Å². The molecule has 14 unspecified atom stereocenters. The van der Waals surface area contributed by atoms with Gasteiger partial charge in [-0.15, -0.1) is 9.24 Å². The maximum Gasteiger partial charge on any atom is 0.520 e. The number of aliphatic hydroxyl groups is 4. The van der Waals surface area contributed by atoms with Gasteiger partial charge in [-0.25, -0.2) is 9.59 Å². The molecular formula is C30H52O12P3+3. The van der Waals surface area contributed by atoms with Gasteiger partial charge < -0.3 is 39.7 Å². The number of hydrogen-bond acceptors (Lipinski definition) is 11. The summed E-state index contributed by atoms with van der Waals surface area (Å²) in [6.45, 7) is 8.58. The van der Waals surface area contributed by atoms with Crippen molar-refractivity contribution < 1.29 is 58.9 Å². The molecule has 0 aromatic heterocycles. The lowest BCUT2D eigenvalue weighted by Gasteiger charge is -2.63. The Balaban J connectivity index is 2.12. The van der Waals surface area contributed by atoms with Gasteiger partial charge in [0.15, 0.2) is 6.10 Å². The monoisotopic (exact) mass is 697 g/mol. The van der Waals surface area contributed by atoms with E-state index in [4.69, 9.17) is 19.3 Å². The summed E-state index contributed by atoms with van der Waals surface area (Å²) in [7, 11) is 4.87. The van der Waals surface area contributed by atoms with E-state index in [0.29, 0.717) is 36.8 Å². The first-order chi connectivity index (χ1) is 20.7. The van der Waals surface area contributed by atoms with Gasteiger partial charge in [0.05, 0.1) is 28.1 Å². The SMILES string of the molecule is CC(=O)OCCCC1CC(O)C2(C)C(P)C(O)C3=C(C)C(OC(=O)C(O)C([PH3+])CC(=O)[OH2+])CC(O)(C(OC(=O)[PH3+])C2C1)C3(C)C. The van der Waals surface area contributed by atoms with E-state index in [-0.39, 0.29) is 31.3 Å². The third-order valence-corrected chi connectivity index (χ3v) is 12.7. The zero-order valence-corrected chi connectivity index (χ0v) is 30.8. The molecule has 3 rings (SSSR count). The van der Waals surface area contributed by atoms with Gasteiger partial charge in [0.2, 0.25) is 0 Å². The van der Waals surface area contributed by atoms with Gasteiger partial charge in [0, 0.05) is 40.5 Å². The Bertz CT molecular complexity index is 1190. The Morgan fingerprint density at radius 1 is 1.13 bits per heavy atom. The van der Waals surface area contributed by atoms with Crippen LogP contribution in [0.4, 0.5) is 4.79 Å². The van der Waals surface area contributed by atoms with Crippen molar-refractivity contribution in [2.75, 3.05) is 6.61 Å². The molecule has 12 nitrogen and oxygen atoms in total. The third kappa shape index (κ3) is 7.43. The van der Waals surface area contributed by atoms with Gasteiger partial charge >= 0.3 is 23.6 Å². The van der Waals surface area contributed by atoms with Crippen LogP contribution in [0.25, 0.3) is 0 Å². The number of esters is 2. The second-order valence-corrected chi connectivity index (χ2v) is 16.1. The van der Waals surface area contributed by atoms with Crippen LogP contribution < -0.4 is 0 Å². The van der Waals surface area contributed by atoms with Crippen molar-refractivity contribution in [3.8, 4) is 0 Å². The number of carbonyl (C=O) groups excluding carboxylic acids is 4. The van der Waals surface area contributed by atoms with E-state index < -0.39 is 81.8 Å². The molecule has 256 valence electrons. The summed E-state index contributed by atoms with van der Waals surface area (Å²) in [5.74, 6) is -3.06. The molecule has 0 saturated heterocycles. The standard InChI is InChI=1S/C30H49O12P3/c1-13-17(41-26(37)22(35)18(43)11-20(33)34)12-30(39)24(42-27(38)45)16-9-15(7-6-8-40-14(2)31)10-19(32)29(16,5)25(44)23(36)21(13)28(30,3)4/h15-19,22-25,32,35-36,39H,6-12,43-45H2,1-5H3,(H,33,34)/p+3. The lowest BCUT2D eigenvalue weighted by molar-refractivity contribution is -0.226. The highest BCUT2D eigenvalue weighted by atomic mass is 31.0. The molecule has 0 radical (unpaired) electrons. The number of hydrogen-bond donors (Lipinski definition) is 4. The Labute approximate surface area is 271 Å². The molecule has 45 heavy (non-hydrogen) atoms. The van der Waals surface area contributed by atoms with Crippen LogP contribution in [0.15, 0.2) is 11.1 Å². The van der Waals surface area contributed by atoms with Crippen molar-refractivity contribution in [2.24, 2.45) is 22.7 Å². The highest BCUT2D eigenvalue weighted by Gasteiger charge is 2.68. The number of aliphatic hydroxyl groups excluding tert-OH is 3. The van der Waals surface area contributed by atoms with Gasteiger partial charge in [-0.3, -0.25) is 4.79 Å². The first kappa shape index (κ1) is 38.2. The van der Waals surface area contributed by atoms with Crippen molar-refractivity contribution in [2.45, 2.75) is 121 Å². The van der Waals surface area contributed by atoms with Crippen molar-refractivity contribution in [1.29, 1.82) is 0 Å². The highest BCUT2D eigenvalue weighted by molar-refractivity contribution is 7.39. The normalized spacial score (nSPS) is 37.4. The molecule has 2 fully saturated rings. The summed E-state index contributed by atoms with van der Waals surface area (Å²) in [4.78, 5) is 48.3. The topological polar surface area (TPSA) is 200 Å². The van der Waals surface area contributed by atoms with Crippen LogP contribution in [0.5, 0.6) is 0 Å². The van der Waals surface area contributed by atoms with Crippen LogP contribution in [0.1, 0.15) is 73.1 Å². The molecule has 3 aliphatic carbocycles. The van der Waals surface area contributed by atoms with E-state index in [1.54, 1.807) is 20.8 Å². The van der Waals surface area contributed by atoms with Crippen LogP contribution in [0.3, 0.4) is 0 Å². The summed E-state index contributed by atoms with van der Waals surface area (Å²) in [5.41, 5.74) is -5.42. The van der Waals surface area contributed by atoms with Gasteiger partial charge in [-0.05, 0) is 58.9 Å². The Hall–Kier alpha value is -1.25. The Morgan fingerprint density at radius 2 is 1.76 bits per heavy atom. The molecule has 3 aliphatic rings. The minimum atomic E-state index is -1.89. The quantitative estimate of drug-likeness (QED) is 0.0630. The molecule has 0 aliphatic heterocycles. The number of carbonyl (C=O) groups is 4. The molecular weight excluding hydrogens is 645 g/mol. The summed E-state index contributed by atoms with van der Waals surface area (Å²) >= 11 is 0. The second-order valence-electron chi connectivity index (χ2n) is 13.8. The Morgan fingerprint density at radius 3 is 2.31 bits per heavy atom. The Kier molecular flexibility index (Phi) is 12.3. The molecule has 6 N–H and O–H groups in total. The smallest absolute Gasteiger partial charge is 0.520 e. The predicted molar refractivity (Wildman–Crippen MR) is 177 cm³/mol. The maximum absolute atomic E-state index is 13.1. The zero-order valence-electron chi connectivity index (χ0n) is 26.8. The van der Waals surface area contributed by atoms with Crippen molar-refractivity contribution in [3.63, 3.8) is 0 Å². The summed E-state index contributed by atoms with van der Waals surface area (Å²) in [5, 5.41) is 54.4. The fourth-order valence-electron chi connectivity index (χ4n) is 7.99. The minimum Gasteiger partial charge on any atom is -0.565 e. The van der Waals surface area contributed by atoms with Gasteiger partial charge in [-0.2, -0.15) is 0 Å². The first-order valence-electron chi connectivity index (χ1n) is 15.4. The van der Waals surface area contributed by atoms with Crippen LogP contribution in [0.2, 0.25) is 0 Å². The molecule has 2 bridgehead atoms. The lowest BCUT2D eigenvalue weighted by Crippen LogP contribution is -2.71. The summed E-state index contributed by atoms with van der Waals surface area (Å²) < 4.78 is 16.9. The highest BCUT2D eigenvalue weighted by Crippen LogP contribution is 2.62. The molecule has 0 heterocycles. The molecule has 14 atom stereocenters. The maximum atomic E-state index is 13.1. The van der Waals surface area contributed by atoms with Crippen LogP contribution >= 0.6 is 27.7 Å². The van der Waals surface area contributed by atoms with Gasteiger partial charge in [0.1, 0.15) is 29.9 Å². The molecule has 0 aromatic rings. The second kappa shape index (κ2) is 14.5. The number of ether oxygens (including phenoxy) is 3. The fourth-order valence-corrected chi connectivity index (χ4v) is 9.29. The molecule has 15 heteroatoms. The van der Waals surface area contributed by atoms with E-state index in [1.807, 2.05) is 6.92 Å². The largest absolute Gasteiger partial charge is 0.565 e. The van der Waals surface area contributed by atoms with E-state index in [1.165, 1.54) is 16.2 Å². The average molecular weight is 698 g/mol. The van der Waals surface area contributed by atoms with E-state index in [0.717, 1.165) is 9.24 Å².